The van der Waals surface area contributed by atoms with E-state index in [-0.39, 0.29) is 10.0 Å². The molecule has 0 aliphatic rings. The SMILES string of the molecule is NN(c1c(Cl)cccc1Cl)C(F)(F)F. The molecular formula is C7H5Cl2F3N2. The van der Waals surface area contributed by atoms with Crippen LogP contribution in [0.4, 0.5) is 18.9 Å². The Morgan fingerprint density at radius 3 is 1.93 bits per heavy atom. The highest BCUT2D eigenvalue weighted by atomic mass is 35.5. The summed E-state index contributed by atoms with van der Waals surface area (Å²) in [4.78, 5) is 0. The van der Waals surface area contributed by atoms with Gasteiger partial charge in [0, 0.05) is 0 Å². The summed E-state index contributed by atoms with van der Waals surface area (Å²) >= 11 is 11.0. The summed E-state index contributed by atoms with van der Waals surface area (Å²) in [7, 11) is 0. The molecule has 0 saturated carbocycles. The van der Waals surface area contributed by atoms with E-state index >= 15 is 0 Å². The first-order valence-electron chi connectivity index (χ1n) is 3.39. The van der Waals surface area contributed by atoms with Gasteiger partial charge in [-0.2, -0.15) is 0 Å². The number of nitrogens with two attached hydrogens (primary N) is 1. The molecule has 0 saturated heterocycles. The highest BCUT2D eigenvalue weighted by Gasteiger charge is 2.37. The van der Waals surface area contributed by atoms with Crippen molar-refractivity contribution in [1.82, 2.24) is 0 Å². The van der Waals surface area contributed by atoms with Crippen molar-refractivity contribution >= 4 is 28.9 Å². The number of alkyl halides is 3. The summed E-state index contributed by atoms with van der Waals surface area (Å²) in [5, 5.41) is -0.729. The summed E-state index contributed by atoms with van der Waals surface area (Å²) < 4.78 is 36.5. The van der Waals surface area contributed by atoms with Crippen molar-refractivity contribution in [3.8, 4) is 0 Å². The van der Waals surface area contributed by atoms with Crippen molar-refractivity contribution in [2.45, 2.75) is 6.30 Å². The van der Waals surface area contributed by atoms with Crippen LogP contribution in [0.25, 0.3) is 0 Å². The van der Waals surface area contributed by atoms with Gasteiger partial charge in [0.15, 0.2) is 0 Å². The first kappa shape index (κ1) is 11.4. The molecule has 0 bridgehead atoms. The predicted molar refractivity (Wildman–Crippen MR) is 49.2 cm³/mol. The van der Waals surface area contributed by atoms with Gasteiger partial charge in [0.25, 0.3) is 0 Å². The second-order valence-corrected chi connectivity index (χ2v) is 3.22. The van der Waals surface area contributed by atoms with Crippen LogP contribution in [0.5, 0.6) is 0 Å². The molecule has 0 heterocycles. The maximum absolute atomic E-state index is 12.2. The average molecular weight is 245 g/mol. The molecule has 1 aromatic rings. The molecule has 7 heteroatoms. The number of para-hydroxylation sites is 1. The average Bonchev–Trinajstić information content (AvgIpc) is 2.01. The molecule has 0 aliphatic heterocycles. The Labute approximate surface area is 88.0 Å². The van der Waals surface area contributed by atoms with Crippen molar-refractivity contribution in [2.75, 3.05) is 5.01 Å². The molecule has 0 aromatic heterocycles. The van der Waals surface area contributed by atoms with E-state index in [1.807, 2.05) is 0 Å². The minimum absolute atomic E-state index is 0.155. The summed E-state index contributed by atoms with van der Waals surface area (Å²) in [6.45, 7) is 0. The molecule has 0 amide bonds. The Morgan fingerprint density at radius 1 is 1.14 bits per heavy atom. The maximum Gasteiger partial charge on any atom is 0.498 e. The fourth-order valence-electron chi connectivity index (χ4n) is 0.846. The van der Waals surface area contributed by atoms with E-state index in [0.717, 1.165) is 0 Å². The third-order valence-electron chi connectivity index (χ3n) is 1.45. The van der Waals surface area contributed by atoms with Gasteiger partial charge in [-0.1, -0.05) is 29.3 Å². The van der Waals surface area contributed by atoms with Gasteiger partial charge in [-0.25, -0.2) is 10.9 Å². The minimum Gasteiger partial charge on any atom is -0.240 e. The Hall–Kier alpha value is -0.650. The van der Waals surface area contributed by atoms with Crippen molar-refractivity contribution < 1.29 is 13.2 Å². The first-order chi connectivity index (χ1) is 6.34. The van der Waals surface area contributed by atoms with Crippen LogP contribution in [0, 0.1) is 0 Å². The highest BCUT2D eigenvalue weighted by molar-refractivity contribution is 6.39. The van der Waals surface area contributed by atoms with Gasteiger partial charge in [0.1, 0.15) is 0 Å². The van der Waals surface area contributed by atoms with Gasteiger partial charge in [-0.15, -0.1) is 13.2 Å². The Kier molecular flexibility index (Phi) is 3.14. The quantitative estimate of drug-likeness (QED) is 0.467. The lowest BCUT2D eigenvalue weighted by Gasteiger charge is -2.23. The second-order valence-electron chi connectivity index (χ2n) is 2.41. The molecule has 1 aromatic carbocycles. The predicted octanol–water partition coefficient (Wildman–Crippen LogP) is 3.19. The number of nitrogens with zero attached hydrogens (tertiary/aromatic N) is 1. The lowest BCUT2D eigenvalue weighted by atomic mass is 10.3. The zero-order valence-corrected chi connectivity index (χ0v) is 8.16. The summed E-state index contributed by atoms with van der Waals surface area (Å²) in [5.74, 6) is 4.81. The van der Waals surface area contributed by atoms with Gasteiger partial charge in [-0.05, 0) is 12.1 Å². The largest absolute Gasteiger partial charge is 0.498 e. The number of hydrogen-bond donors (Lipinski definition) is 1. The van der Waals surface area contributed by atoms with Gasteiger partial charge in [-0.3, -0.25) is 0 Å². The normalized spacial score (nSPS) is 11.6. The van der Waals surface area contributed by atoms with Crippen LogP contribution in [-0.2, 0) is 0 Å². The van der Waals surface area contributed by atoms with E-state index in [9.17, 15) is 13.2 Å². The second kappa shape index (κ2) is 3.84. The van der Waals surface area contributed by atoms with Crippen LogP contribution >= 0.6 is 23.2 Å². The van der Waals surface area contributed by atoms with Gasteiger partial charge >= 0.3 is 6.30 Å². The highest BCUT2D eigenvalue weighted by Crippen LogP contribution is 2.36. The molecule has 1 rings (SSSR count). The van der Waals surface area contributed by atoms with Crippen LogP contribution in [-0.4, -0.2) is 6.30 Å². The Balaban J connectivity index is 3.19. The zero-order valence-electron chi connectivity index (χ0n) is 6.65. The lowest BCUT2D eigenvalue weighted by molar-refractivity contribution is -0.129. The van der Waals surface area contributed by atoms with Crippen molar-refractivity contribution in [2.24, 2.45) is 5.84 Å². The molecule has 2 N–H and O–H groups in total. The molecule has 78 valence electrons. The molecule has 0 radical (unpaired) electrons. The Morgan fingerprint density at radius 2 is 1.57 bits per heavy atom. The van der Waals surface area contributed by atoms with E-state index in [4.69, 9.17) is 29.0 Å². The number of benzene rings is 1. The standard InChI is InChI=1S/C7H5Cl2F3N2/c8-4-2-1-3-5(9)6(4)14(13)7(10,11)12/h1-3H,13H2. The molecule has 0 atom stereocenters. The number of hydrogen-bond acceptors (Lipinski definition) is 2. The van der Waals surface area contributed by atoms with Crippen LogP contribution in [0.1, 0.15) is 0 Å². The van der Waals surface area contributed by atoms with E-state index in [2.05, 4.69) is 0 Å². The molecule has 2 nitrogen and oxygen atoms in total. The fraction of sp³-hybridized carbons (Fsp3) is 0.143. The Bertz CT molecular complexity index is 320. The number of halogens is 5. The third kappa shape index (κ3) is 2.23. The maximum atomic E-state index is 12.2. The third-order valence-corrected chi connectivity index (χ3v) is 2.06. The van der Waals surface area contributed by atoms with E-state index in [1.54, 1.807) is 0 Å². The first-order valence-corrected chi connectivity index (χ1v) is 4.15. The van der Waals surface area contributed by atoms with Crippen LogP contribution in [0.15, 0.2) is 18.2 Å². The van der Waals surface area contributed by atoms with Crippen LogP contribution < -0.4 is 10.9 Å². The van der Waals surface area contributed by atoms with Gasteiger partial charge < -0.3 is 0 Å². The monoisotopic (exact) mass is 244 g/mol. The van der Waals surface area contributed by atoms with E-state index in [0.29, 0.717) is 0 Å². The lowest BCUT2D eigenvalue weighted by Crippen LogP contribution is -2.44. The number of hydrazine groups is 1. The van der Waals surface area contributed by atoms with Gasteiger partial charge in [0.05, 0.1) is 15.7 Å². The molecule has 14 heavy (non-hydrogen) atoms. The zero-order chi connectivity index (χ0) is 10.9. The van der Waals surface area contributed by atoms with Crippen molar-refractivity contribution in [1.29, 1.82) is 0 Å². The van der Waals surface area contributed by atoms with Gasteiger partial charge in [0.2, 0.25) is 0 Å². The minimum atomic E-state index is -4.71. The number of anilines is 1. The smallest absolute Gasteiger partial charge is 0.240 e. The molecule has 0 aliphatic carbocycles. The molecule has 0 fully saturated rings. The number of rotatable bonds is 1. The summed E-state index contributed by atoms with van der Waals surface area (Å²) in [6, 6.07) is 3.97. The van der Waals surface area contributed by atoms with E-state index < -0.39 is 17.0 Å². The van der Waals surface area contributed by atoms with E-state index in [1.165, 1.54) is 18.2 Å². The molecular weight excluding hydrogens is 240 g/mol. The summed E-state index contributed by atoms with van der Waals surface area (Å²) in [5.41, 5.74) is -0.455. The summed E-state index contributed by atoms with van der Waals surface area (Å²) in [6.07, 6.45) is -4.71. The van der Waals surface area contributed by atoms with Crippen LogP contribution in [0.3, 0.4) is 0 Å². The fourth-order valence-corrected chi connectivity index (χ4v) is 1.43. The molecule has 0 unspecified atom stereocenters. The van der Waals surface area contributed by atoms with Crippen molar-refractivity contribution in [3.05, 3.63) is 28.2 Å². The van der Waals surface area contributed by atoms with Crippen molar-refractivity contribution in [3.63, 3.8) is 0 Å². The van der Waals surface area contributed by atoms with Crippen LogP contribution in [0.2, 0.25) is 10.0 Å². The molecule has 0 spiro atoms. The topological polar surface area (TPSA) is 29.3 Å².